The van der Waals surface area contributed by atoms with Crippen molar-refractivity contribution < 1.29 is 4.74 Å². The van der Waals surface area contributed by atoms with Crippen LogP contribution in [0.1, 0.15) is 26.7 Å². The molecule has 2 aliphatic rings. The highest BCUT2D eigenvalue weighted by Crippen LogP contribution is 2.24. The average molecular weight is 212 g/mol. The van der Waals surface area contributed by atoms with E-state index < -0.39 is 0 Å². The van der Waals surface area contributed by atoms with Crippen LogP contribution in [0.15, 0.2) is 0 Å². The maximum atomic E-state index is 5.60. The predicted molar refractivity (Wildman–Crippen MR) is 62.0 cm³/mol. The molecule has 3 heteroatoms. The Hall–Kier alpha value is -0.120. The summed E-state index contributed by atoms with van der Waals surface area (Å²) in [6, 6.07) is 0.812. The Morgan fingerprint density at radius 1 is 1.40 bits per heavy atom. The summed E-state index contributed by atoms with van der Waals surface area (Å²) in [6.45, 7) is 9.96. The Balaban J connectivity index is 1.66. The number of hydrogen-bond acceptors (Lipinski definition) is 3. The number of likely N-dealkylation sites (tertiary alicyclic amines) is 1. The molecule has 0 aliphatic carbocycles. The molecule has 0 aromatic rings. The third kappa shape index (κ3) is 3.16. The van der Waals surface area contributed by atoms with E-state index in [0.29, 0.717) is 6.10 Å². The standard InChI is InChI=1S/C12H24N2O/c1-10(2)15-8-7-14-6-4-12-11(9-14)3-5-13-12/h10-13H,3-9H2,1-2H3. The molecule has 1 N–H and O–H groups in total. The Labute approximate surface area is 93.2 Å². The highest BCUT2D eigenvalue weighted by molar-refractivity contribution is 4.90. The van der Waals surface area contributed by atoms with Crippen LogP contribution in [0.4, 0.5) is 0 Å². The second kappa shape index (κ2) is 5.28. The van der Waals surface area contributed by atoms with Gasteiger partial charge in [0.05, 0.1) is 12.7 Å². The van der Waals surface area contributed by atoms with E-state index in [-0.39, 0.29) is 0 Å². The molecule has 2 heterocycles. The van der Waals surface area contributed by atoms with Crippen molar-refractivity contribution in [3.05, 3.63) is 0 Å². The lowest BCUT2D eigenvalue weighted by atomic mass is 9.93. The molecule has 3 nitrogen and oxygen atoms in total. The van der Waals surface area contributed by atoms with E-state index in [1.54, 1.807) is 0 Å². The number of fused-ring (bicyclic) bond motifs is 1. The lowest BCUT2D eigenvalue weighted by molar-refractivity contribution is 0.0473. The topological polar surface area (TPSA) is 24.5 Å². The van der Waals surface area contributed by atoms with Crippen LogP contribution in [0, 0.1) is 5.92 Å². The van der Waals surface area contributed by atoms with Gasteiger partial charge in [-0.05, 0) is 45.7 Å². The van der Waals surface area contributed by atoms with E-state index in [1.807, 2.05) is 0 Å². The monoisotopic (exact) mass is 212 g/mol. The van der Waals surface area contributed by atoms with Gasteiger partial charge >= 0.3 is 0 Å². The summed E-state index contributed by atoms with van der Waals surface area (Å²) >= 11 is 0. The molecule has 2 aliphatic heterocycles. The number of ether oxygens (including phenoxy) is 1. The van der Waals surface area contributed by atoms with Crippen molar-refractivity contribution >= 4 is 0 Å². The Morgan fingerprint density at radius 3 is 3.07 bits per heavy atom. The van der Waals surface area contributed by atoms with Gasteiger partial charge in [0.15, 0.2) is 0 Å². The van der Waals surface area contributed by atoms with Crippen molar-refractivity contribution in [1.82, 2.24) is 10.2 Å². The minimum absolute atomic E-state index is 0.371. The molecule has 0 aromatic heterocycles. The molecule has 2 rings (SSSR count). The second-order valence-corrected chi connectivity index (χ2v) is 5.12. The normalized spacial score (nSPS) is 32.2. The van der Waals surface area contributed by atoms with Gasteiger partial charge in [-0.2, -0.15) is 0 Å². The first kappa shape index (κ1) is 11.4. The number of nitrogens with zero attached hydrogens (tertiary/aromatic N) is 1. The van der Waals surface area contributed by atoms with Crippen molar-refractivity contribution in [2.75, 3.05) is 32.8 Å². The molecule has 0 bridgehead atoms. The lowest BCUT2D eigenvalue weighted by Crippen LogP contribution is -2.45. The molecule has 2 saturated heterocycles. The number of hydrogen-bond donors (Lipinski definition) is 1. The molecular formula is C12H24N2O. The highest BCUT2D eigenvalue weighted by Gasteiger charge is 2.32. The molecule has 2 fully saturated rings. The van der Waals surface area contributed by atoms with Crippen LogP contribution in [-0.2, 0) is 4.74 Å². The van der Waals surface area contributed by atoms with Gasteiger partial charge in [-0.25, -0.2) is 0 Å². The lowest BCUT2D eigenvalue weighted by Gasteiger charge is -2.34. The van der Waals surface area contributed by atoms with Gasteiger partial charge in [0.1, 0.15) is 0 Å². The van der Waals surface area contributed by atoms with E-state index >= 15 is 0 Å². The van der Waals surface area contributed by atoms with E-state index in [1.165, 1.54) is 32.5 Å². The number of rotatable bonds is 4. The summed E-state index contributed by atoms with van der Waals surface area (Å²) in [5.41, 5.74) is 0. The number of nitrogens with one attached hydrogen (secondary N) is 1. The van der Waals surface area contributed by atoms with Gasteiger partial charge in [-0.3, -0.25) is 0 Å². The van der Waals surface area contributed by atoms with E-state index in [0.717, 1.165) is 25.1 Å². The summed E-state index contributed by atoms with van der Waals surface area (Å²) in [7, 11) is 0. The van der Waals surface area contributed by atoms with E-state index in [9.17, 15) is 0 Å². The van der Waals surface area contributed by atoms with Crippen LogP contribution < -0.4 is 5.32 Å². The van der Waals surface area contributed by atoms with Gasteiger partial charge in [0.2, 0.25) is 0 Å². The van der Waals surface area contributed by atoms with Crippen molar-refractivity contribution in [1.29, 1.82) is 0 Å². The van der Waals surface area contributed by atoms with Crippen LogP contribution in [-0.4, -0.2) is 49.8 Å². The third-order valence-corrected chi connectivity index (χ3v) is 3.60. The van der Waals surface area contributed by atoms with Gasteiger partial charge in [0.25, 0.3) is 0 Å². The molecule has 0 aromatic carbocycles. The van der Waals surface area contributed by atoms with Crippen molar-refractivity contribution in [3.8, 4) is 0 Å². The van der Waals surface area contributed by atoms with Crippen LogP contribution in [0.2, 0.25) is 0 Å². The maximum Gasteiger partial charge on any atom is 0.0596 e. The number of piperidine rings is 1. The van der Waals surface area contributed by atoms with Crippen molar-refractivity contribution in [3.63, 3.8) is 0 Å². The zero-order valence-electron chi connectivity index (χ0n) is 10.0. The SMILES string of the molecule is CC(C)OCCN1CCC2NCCC2C1. The molecule has 2 atom stereocenters. The van der Waals surface area contributed by atoms with Crippen molar-refractivity contribution in [2.45, 2.75) is 38.8 Å². The first-order chi connectivity index (χ1) is 7.25. The van der Waals surface area contributed by atoms with E-state index in [4.69, 9.17) is 4.74 Å². The summed E-state index contributed by atoms with van der Waals surface area (Å²) < 4.78 is 5.60. The van der Waals surface area contributed by atoms with Crippen LogP contribution in [0.3, 0.4) is 0 Å². The minimum Gasteiger partial charge on any atom is -0.377 e. The molecule has 0 amide bonds. The zero-order chi connectivity index (χ0) is 10.7. The highest BCUT2D eigenvalue weighted by atomic mass is 16.5. The Morgan fingerprint density at radius 2 is 2.27 bits per heavy atom. The summed E-state index contributed by atoms with van der Waals surface area (Å²) in [5.74, 6) is 0.901. The molecule has 0 saturated carbocycles. The molecule has 0 spiro atoms. The summed E-state index contributed by atoms with van der Waals surface area (Å²) in [5, 5.41) is 3.60. The fourth-order valence-electron chi connectivity index (χ4n) is 2.74. The van der Waals surface area contributed by atoms with E-state index in [2.05, 4.69) is 24.1 Å². The van der Waals surface area contributed by atoms with Gasteiger partial charge < -0.3 is 15.0 Å². The molecule has 15 heavy (non-hydrogen) atoms. The fraction of sp³-hybridized carbons (Fsp3) is 1.00. The Bertz CT molecular complexity index is 196. The quantitative estimate of drug-likeness (QED) is 0.755. The van der Waals surface area contributed by atoms with Gasteiger partial charge in [-0.1, -0.05) is 0 Å². The van der Waals surface area contributed by atoms with Crippen LogP contribution in [0.25, 0.3) is 0 Å². The minimum atomic E-state index is 0.371. The van der Waals surface area contributed by atoms with Gasteiger partial charge in [0, 0.05) is 19.1 Å². The first-order valence-corrected chi connectivity index (χ1v) is 6.33. The predicted octanol–water partition coefficient (Wildman–Crippen LogP) is 1.10. The zero-order valence-corrected chi connectivity index (χ0v) is 10.0. The van der Waals surface area contributed by atoms with Crippen LogP contribution >= 0.6 is 0 Å². The maximum absolute atomic E-state index is 5.60. The largest absolute Gasteiger partial charge is 0.377 e. The molecule has 0 radical (unpaired) electrons. The Kier molecular flexibility index (Phi) is 4.00. The summed E-state index contributed by atoms with van der Waals surface area (Å²) in [6.07, 6.45) is 3.06. The smallest absolute Gasteiger partial charge is 0.0596 e. The molecule has 88 valence electrons. The average Bonchev–Trinajstić information content (AvgIpc) is 2.64. The van der Waals surface area contributed by atoms with Crippen LogP contribution in [0.5, 0.6) is 0 Å². The van der Waals surface area contributed by atoms with Crippen molar-refractivity contribution in [2.24, 2.45) is 5.92 Å². The van der Waals surface area contributed by atoms with Gasteiger partial charge in [-0.15, -0.1) is 0 Å². The second-order valence-electron chi connectivity index (χ2n) is 5.12. The first-order valence-electron chi connectivity index (χ1n) is 6.33. The fourth-order valence-corrected chi connectivity index (χ4v) is 2.74. The molecule has 2 unspecified atom stereocenters. The molecular weight excluding hydrogens is 188 g/mol. The summed E-state index contributed by atoms with van der Waals surface area (Å²) in [4.78, 5) is 2.57. The third-order valence-electron chi connectivity index (χ3n) is 3.60.